The van der Waals surface area contributed by atoms with E-state index in [0.29, 0.717) is 29.5 Å². The molecule has 1 aromatic heterocycles. The smallest absolute Gasteiger partial charge is 0.338 e. The summed E-state index contributed by atoms with van der Waals surface area (Å²) < 4.78 is 4.94. The zero-order valence-corrected chi connectivity index (χ0v) is 15.3. The van der Waals surface area contributed by atoms with Gasteiger partial charge in [-0.3, -0.25) is 9.59 Å². The van der Waals surface area contributed by atoms with E-state index in [9.17, 15) is 14.4 Å². The highest BCUT2D eigenvalue weighted by Crippen LogP contribution is 2.27. The molecule has 1 N–H and O–H groups in total. The molecule has 2 heterocycles. The molecule has 0 aliphatic carbocycles. The molecule has 3 rings (SSSR count). The molecule has 1 aliphatic rings. The normalized spacial score (nSPS) is 16.6. The summed E-state index contributed by atoms with van der Waals surface area (Å²) >= 11 is 1.36. The van der Waals surface area contributed by atoms with Gasteiger partial charge in [0.15, 0.2) is 5.13 Å². The molecule has 7 nitrogen and oxygen atoms in total. The number of hydrogen-bond acceptors (Lipinski definition) is 6. The molecule has 8 heteroatoms. The lowest BCUT2D eigenvalue weighted by molar-refractivity contribution is -0.122. The van der Waals surface area contributed by atoms with Crippen molar-refractivity contribution < 1.29 is 19.1 Å². The quantitative estimate of drug-likeness (QED) is 0.814. The van der Waals surface area contributed by atoms with E-state index in [-0.39, 0.29) is 18.2 Å². The SMILES string of the molecule is CCOC(=O)c1ccc(N2C[C@@H](C(=O)Nc3nc(C)cs3)CC2=O)cc1. The van der Waals surface area contributed by atoms with Crippen molar-refractivity contribution in [1.82, 2.24) is 4.98 Å². The molecule has 1 aliphatic heterocycles. The third-order valence-corrected chi connectivity index (χ3v) is 4.91. The number of anilines is 2. The predicted molar refractivity (Wildman–Crippen MR) is 98.3 cm³/mol. The van der Waals surface area contributed by atoms with Gasteiger partial charge in [0, 0.05) is 24.0 Å². The Bertz CT molecular complexity index is 831. The van der Waals surface area contributed by atoms with Crippen LogP contribution >= 0.6 is 11.3 Å². The van der Waals surface area contributed by atoms with Crippen molar-refractivity contribution in [3.05, 3.63) is 40.9 Å². The zero-order valence-electron chi connectivity index (χ0n) is 14.5. The minimum absolute atomic E-state index is 0.121. The first-order chi connectivity index (χ1) is 12.5. The number of nitrogens with zero attached hydrogens (tertiary/aromatic N) is 2. The number of thiazole rings is 1. The van der Waals surface area contributed by atoms with Crippen LogP contribution in [0.15, 0.2) is 29.6 Å². The van der Waals surface area contributed by atoms with Crippen molar-refractivity contribution in [3.63, 3.8) is 0 Å². The molecule has 0 bridgehead atoms. The Morgan fingerprint density at radius 1 is 1.35 bits per heavy atom. The van der Waals surface area contributed by atoms with E-state index in [4.69, 9.17) is 4.74 Å². The van der Waals surface area contributed by atoms with Crippen molar-refractivity contribution in [2.24, 2.45) is 5.92 Å². The number of rotatable bonds is 5. The molecule has 1 fully saturated rings. The lowest BCUT2D eigenvalue weighted by atomic mass is 10.1. The van der Waals surface area contributed by atoms with E-state index in [1.165, 1.54) is 11.3 Å². The fourth-order valence-electron chi connectivity index (χ4n) is 2.74. The second kappa shape index (κ2) is 7.65. The average Bonchev–Trinajstić information content (AvgIpc) is 3.21. The van der Waals surface area contributed by atoms with Crippen LogP contribution in [0.2, 0.25) is 0 Å². The van der Waals surface area contributed by atoms with E-state index >= 15 is 0 Å². The maximum absolute atomic E-state index is 12.4. The van der Waals surface area contributed by atoms with E-state index in [2.05, 4.69) is 10.3 Å². The van der Waals surface area contributed by atoms with Gasteiger partial charge < -0.3 is 15.0 Å². The van der Waals surface area contributed by atoms with E-state index in [0.717, 1.165) is 5.69 Å². The van der Waals surface area contributed by atoms with Crippen molar-refractivity contribution in [1.29, 1.82) is 0 Å². The molecule has 1 saturated heterocycles. The van der Waals surface area contributed by atoms with E-state index in [1.807, 2.05) is 12.3 Å². The van der Waals surface area contributed by atoms with Gasteiger partial charge in [0.25, 0.3) is 0 Å². The van der Waals surface area contributed by atoms with Crippen LogP contribution in [0.4, 0.5) is 10.8 Å². The standard InChI is InChI=1S/C18H19N3O4S/c1-3-25-17(24)12-4-6-14(7-5-12)21-9-13(8-15(21)22)16(23)20-18-19-11(2)10-26-18/h4-7,10,13H,3,8-9H2,1-2H3,(H,19,20,23)/t13-/m0/s1. The van der Waals surface area contributed by atoms with Gasteiger partial charge in [0.1, 0.15) is 0 Å². The molecular weight excluding hydrogens is 354 g/mol. The average molecular weight is 373 g/mol. The molecule has 26 heavy (non-hydrogen) atoms. The number of carbonyl (C=O) groups excluding carboxylic acids is 3. The van der Waals surface area contributed by atoms with Crippen LogP contribution in [0, 0.1) is 12.8 Å². The number of aromatic nitrogens is 1. The fraction of sp³-hybridized carbons (Fsp3) is 0.333. The minimum Gasteiger partial charge on any atom is -0.462 e. The summed E-state index contributed by atoms with van der Waals surface area (Å²) in [5.74, 6) is -1.16. The van der Waals surface area contributed by atoms with Gasteiger partial charge in [0.05, 0.1) is 23.8 Å². The number of esters is 1. The molecule has 1 atom stereocenters. The summed E-state index contributed by atoms with van der Waals surface area (Å²) in [6, 6.07) is 6.61. The van der Waals surface area contributed by atoms with Crippen LogP contribution < -0.4 is 10.2 Å². The highest BCUT2D eigenvalue weighted by molar-refractivity contribution is 7.13. The maximum Gasteiger partial charge on any atom is 0.338 e. The maximum atomic E-state index is 12.4. The van der Waals surface area contributed by atoms with Crippen LogP contribution in [0.5, 0.6) is 0 Å². The van der Waals surface area contributed by atoms with Gasteiger partial charge in [-0.25, -0.2) is 9.78 Å². The Morgan fingerprint density at radius 3 is 2.69 bits per heavy atom. The summed E-state index contributed by atoms with van der Waals surface area (Å²) in [5, 5.41) is 5.16. The third kappa shape index (κ3) is 3.91. The van der Waals surface area contributed by atoms with Crippen molar-refractivity contribution in [2.45, 2.75) is 20.3 Å². The zero-order chi connectivity index (χ0) is 18.7. The molecule has 0 unspecified atom stereocenters. The Kier molecular flexibility index (Phi) is 5.32. The molecule has 0 saturated carbocycles. The Balaban J connectivity index is 1.65. The monoisotopic (exact) mass is 373 g/mol. The topological polar surface area (TPSA) is 88.6 Å². The van der Waals surface area contributed by atoms with E-state index in [1.54, 1.807) is 36.1 Å². The summed E-state index contributed by atoms with van der Waals surface area (Å²) in [6.45, 7) is 4.20. The highest BCUT2D eigenvalue weighted by atomic mass is 32.1. The lowest BCUT2D eigenvalue weighted by Crippen LogP contribution is -2.28. The van der Waals surface area contributed by atoms with Gasteiger partial charge in [-0.15, -0.1) is 11.3 Å². The Morgan fingerprint density at radius 2 is 2.08 bits per heavy atom. The van der Waals surface area contributed by atoms with Crippen LogP contribution in [-0.2, 0) is 14.3 Å². The highest BCUT2D eigenvalue weighted by Gasteiger charge is 2.35. The summed E-state index contributed by atoms with van der Waals surface area (Å²) in [6.07, 6.45) is 0.149. The molecule has 0 radical (unpaired) electrons. The number of benzene rings is 1. The van der Waals surface area contributed by atoms with Crippen molar-refractivity contribution >= 4 is 39.9 Å². The Labute approximate surface area is 155 Å². The van der Waals surface area contributed by atoms with Gasteiger partial charge in [-0.1, -0.05) is 0 Å². The predicted octanol–water partition coefficient (Wildman–Crippen LogP) is 2.62. The molecule has 0 spiro atoms. The van der Waals surface area contributed by atoms with Gasteiger partial charge in [-0.05, 0) is 38.1 Å². The van der Waals surface area contributed by atoms with Crippen LogP contribution in [0.1, 0.15) is 29.4 Å². The summed E-state index contributed by atoms with van der Waals surface area (Å²) in [5.41, 5.74) is 1.93. The largest absolute Gasteiger partial charge is 0.462 e. The number of carbonyl (C=O) groups is 3. The number of ether oxygens (including phenoxy) is 1. The van der Waals surface area contributed by atoms with E-state index < -0.39 is 11.9 Å². The molecular formula is C18H19N3O4S. The first kappa shape index (κ1) is 18.1. The second-order valence-corrected chi connectivity index (χ2v) is 6.81. The van der Waals surface area contributed by atoms with Crippen LogP contribution in [-0.4, -0.2) is 35.9 Å². The fourth-order valence-corrected chi connectivity index (χ4v) is 3.43. The first-order valence-electron chi connectivity index (χ1n) is 8.28. The summed E-state index contributed by atoms with van der Waals surface area (Å²) in [7, 11) is 0. The number of nitrogens with one attached hydrogen (secondary N) is 1. The molecule has 136 valence electrons. The molecule has 2 amide bonds. The van der Waals surface area contributed by atoms with Crippen LogP contribution in [0.25, 0.3) is 0 Å². The van der Waals surface area contributed by atoms with Crippen LogP contribution in [0.3, 0.4) is 0 Å². The first-order valence-corrected chi connectivity index (χ1v) is 9.16. The second-order valence-electron chi connectivity index (χ2n) is 5.96. The van der Waals surface area contributed by atoms with Gasteiger partial charge >= 0.3 is 5.97 Å². The summed E-state index contributed by atoms with van der Waals surface area (Å²) in [4.78, 5) is 42.1. The number of aryl methyl sites for hydroxylation is 1. The lowest BCUT2D eigenvalue weighted by Gasteiger charge is -2.17. The Hall–Kier alpha value is -2.74. The number of hydrogen-bond donors (Lipinski definition) is 1. The molecule has 1 aromatic carbocycles. The minimum atomic E-state index is -0.434. The molecule has 2 aromatic rings. The van der Waals surface area contributed by atoms with Gasteiger partial charge in [0.2, 0.25) is 11.8 Å². The van der Waals surface area contributed by atoms with Gasteiger partial charge in [-0.2, -0.15) is 0 Å². The van der Waals surface area contributed by atoms with Crippen molar-refractivity contribution in [2.75, 3.05) is 23.4 Å². The number of amides is 2. The third-order valence-electron chi connectivity index (χ3n) is 4.04. The van der Waals surface area contributed by atoms with Crippen molar-refractivity contribution in [3.8, 4) is 0 Å².